The SMILES string of the molecule is CC1N(C)CC(=O)N1CCC(C)(C)C. The van der Waals surface area contributed by atoms with Crippen LogP contribution in [0.4, 0.5) is 0 Å². The summed E-state index contributed by atoms with van der Waals surface area (Å²) >= 11 is 0. The Morgan fingerprint density at radius 1 is 1.43 bits per heavy atom. The van der Waals surface area contributed by atoms with E-state index < -0.39 is 0 Å². The van der Waals surface area contributed by atoms with Gasteiger partial charge in [-0.05, 0) is 25.8 Å². The number of amides is 1. The Labute approximate surface area is 87.1 Å². The van der Waals surface area contributed by atoms with E-state index in [0.29, 0.717) is 12.0 Å². The van der Waals surface area contributed by atoms with Gasteiger partial charge in [0.1, 0.15) is 0 Å². The average Bonchev–Trinajstić information content (AvgIpc) is 2.23. The average molecular weight is 198 g/mol. The van der Waals surface area contributed by atoms with Gasteiger partial charge in [0, 0.05) is 6.54 Å². The Kier molecular flexibility index (Phi) is 3.20. The maximum absolute atomic E-state index is 11.6. The maximum Gasteiger partial charge on any atom is 0.238 e. The highest BCUT2D eigenvalue weighted by molar-refractivity contribution is 5.80. The van der Waals surface area contributed by atoms with Crippen LogP contribution in [0.2, 0.25) is 0 Å². The quantitative estimate of drug-likeness (QED) is 0.672. The lowest BCUT2D eigenvalue weighted by atomic mass is 9.92. The molecule has 1 heterocycles. The molecule has 0 aromatic carbocycles. The van der Waals surface area contributed by atoms with E-state index in [1.54, 1.807) is 0 Å². The Hall–Kier alpha value is -0.570. The van der Waals surface area contributed by atoms with Gasteiger partial charge < -0.3 is 4.90 Å². The Morgan fingerprint density at radius 3 is 2.36 bits per heavy atom. The molecule has 0 N–H and O–H groups in total. The van der Waals surface area contributed by atoms with Crippen molar-refractivity contribution in [3.8, 4) is 0 Å². The third kappa shape index (κ3) is 2.71. The highest BCUT2D eigenvalue weighted by Crippen LogP contribution is 2.21. The van der Waals surface area contributed by atoms with Gasteiger partial charge in [-0.3, -0.25) is 9.69 Å². The fourth-order valence-electron chi connectivity index (χ4n) is 1.65. The molecule has 1 saturated heterocycles. The smallest absolute Gasteiger partial charge is 0.238 e. The van der Waals surface area contributed by atoms with Gasteiger partial charge >= 0.3 is 0 Å². The van der Waals surface area contributed by atoms with Crippen LogP contribution < -0.4 is 0 Å². The van der Waals surface area contributed by atoms with E-state index in [4.69, 9.17) is 0 Å². The van der Waals surface area contributed by atoms with Gasteiger partial charge in [0.15, 0.2) is 0 Å². The summed E-state index contributed by atoms with van der Waals surface area (Å²) in [6, 6.07) is 0. The lowest BCUT2D eigenvalue weighted by molar-refractivity contribution is -0.128. The molecule has 0 bridgehead atoms. The number of carbonyl (C=O) groups excluding carboxylic acids is 1. The summed E-state index contributed by atoms with van der Waals surface area (Å²) < 4.78 is 0. The van der Waals surface area contributed by atoms with Crippen molar-refractivity contribution in [1.82, 2.24) is 9.80 Å². The van der Waals surface area contributed by atoms with Crippen molar-refractivity contribution in [2.24, 2.45) is 5.41 Å². The first-order valence-corrected chi connectivity index (χ1v) is 5.31. The Balaban J connectivity index is 2.49. The van der Waals surface area contributed by atoms with Crippen molar-refractivity contribution in [3.63, 3.8) is 0 Å². The van der Waals surface area contributed by atoms with Gasteiger partial charge in [0.05, 0.1) is 12.7 Å². The van der Waals surface area contributed by atoms with E-state index in [9.17, 15) is 4.79 Å². The topological polar surface area (TPSA) is 23.6 Å². The van der Waals surface area contributed by atoms with Gasteiger partial charge in [0.2, 0.25) is 5.91 Å². The van der Waals surface area contributed by atoms with Gasteiger partial charge in [-0.2, -0.15) is 0 Å². The van der Waals surface area contributed by atoms with Crippen molar-refractivity contribution >= 4 is 5.91 Å². The highest BCUT2D eigenvalue weighted by atomic mass is 16.2. The monoisotopic (exact) mass is 198 g/mol. The molecule has 0 spiro atoms. The molecule has 0 aliphatic carbocycles. The second kappa shape index (κ2) is 3.89. The fourth-order valence-corrected chi connectivity index (χ4v) is 1.65. The molecule has 1 amide bonds. The molecule has 14 heavy (non-hydrogen) atoms. The predicted molar refractivity (Wildman–Crippen MR) is 57.9 cm³/mol. The zero-order chi connectivity index (χ0) is 10.9. The maximum atomic E-state index is 11.6. The van der Waals surface area contributed by atoms with E-state index in [2.05, 4.69) is 32.6 Å². The standard InChI is InChI=1S/C11H22N2O/c1-9-12(5)8-10(14)13(9)7-6-11(2,3)4/h9H,6-8H2,1-5H3. The molecule has 1 fully saturated rings. The third-order valence-electron chi connectivity index (χ3n) is 2.90. The van der Waals surface area contributed by atoms with Gasteiger partial charge in [-0.25, -0.2) is 0 Å². The molecule has 1 aliphatic rings. The van der Waals surface area contributed by atoms with Crippen LogP contribution in [-0.4, -0.2) is 42.0 Å². The summed E-state index contributed by atoms with van der Waals surface area (Å²) in [6.45, 7) is 10.2. The van der Waals surface area contributed by atoms with E-state index in [-0.39, 0.29) is 12.1 Å². The van der Waals surface area contributed by atoms with Crippen LogP contribution in [0.5, 0.6) is 0 Å². The van der Waals surface area contributed by atoms with Crippen LogP contribution in [-0.2, 0) is 4.79 Å². The minimum Gasteiger partial charge on any atom is -0.326 e. The van der Waals surface area contributed by atoms with Crippen LogP contribution >= 0.6 is 0 Å². The number of likely N-dealkylation sites (N-methyl/N-ethyl adjacent to an activating group) is 1. The second-order valence-electron chi connectivity index (χ2n) is 5.44. The van der Waals surface area contributed by atoms with E-state index in [0.717, 1.165) is 13.0 Å². The van der Waals surface area contributed by atoms with Crippen molar-refractivity contribution < 1.29 is 4.79 Å². The molecule has 1 aliphatic heterocycles. The van der Waals surface area contributed by atoms with Crippen molar-refractivity contribution in [2.75, 3.05) is 20.1 Å². The lowest BCUT2D eigenvalue weighted by Gasteiger charge is -2.27. The highest BCUT2D eigenvalue weighted by Gasteiger charge is 2.32. The molecule has 1 rings (SSSR count). The summed E-state index contributed by atoms with van der Waals surface area (Å²) in [5, 5.41) is 0. The summed E-state index contributed by atoms with van der Waals surface area (Å²) in [5.41, 5.74) is 0.307. The molecular formula is C11H22N2O. The van der Waals surface area contributed by atoms with Crippen molar-refractivity contribution in [3.05, 3.63) is 0 Å². The van der Waals surface area contributed by atoms with Crippen LogP contribution in [0.3, 0.4) is 0 Å². The summed E-state index contributed by atoms with van der Waals surface area (Å²) in [4.78, 5) is 15.7. The molecular weight excluding hydrogens is 176 g/mol. The predicted octanol–water partition coefficient (Wildman–Crippen LogP) is 1.54. The third-order valence-corrected chi connectivity index (χ3v) is 2.90. The van der Waals surface area contributed by atoms with E-state index in [1.165, 1.54) is 0 Å². The van der Waals surface area contributed by atoms with Crippen molar-refractivity contribution in [2.45, 2.75) is 40.3 Å². The first-order chi connectivity index (χ1) is 6.31. The Morgan fingerprint density at radius 2 is 2.00 bits per heavy atom. The Bertz CT molecular complexity index is 220. The number of rotatable bonds is 2. The molecule has 0 aromatic rings. The number of carbonyl (C=O) groups is 1. The van der Waals surface area contributed by atoms with Crippen LogP contribution in [0.1, 0.15) is 34.1 Å². The van der Waals surface area contributed by atoms with E-state index >= 15 is 0 Å². The molecule has 0 aromatic heterocycles. The minimum atomic E-state index is 0.268. The first-order valence-electron chi connectivity index (χ1n) is 5.31. The minimum absolute atomic E-state index is 0.268. The zero-order valence-corrected chi connectivity index (χ0v) is 10.0. The number of nitrogens with zero attached hydrogens (tertiary/aromatic N) is 2. The molecule has 82 valence electrons. The van der Waals surface area contributed by atoms with Gasteiger partial charge in [-0.1, -0.05) is 20.8 Å². The van der Waals surface area contributed by atoms with E-state index in [1.807, 2.05) is 11.9 Å². The second-order valence-corrected chi connectivity index (χ2v) is 5.44. The molecule has 1 unspecified atom stereocenters. The number of hydrogen-bond acceptors (Lipinski definition) is 2. The van der Waals surface area contributed by atoms with Gasteiger partial charge in [0.25, 0.3) is 0 Å². The van der Waals surface area contributed by atoms with Crippen LogP contribution in [0.15, 0.2) is 0 Å². The van der Waals surface area contributed by atoms with Crippen LogP contribution in [0.25, 0.3) is 0 Å². The molecule has 3 heteroatoms. The largest absolute Gasteiger partial charge is 0.326 e. The molecule has 3 nitrogen and oxygen atoms in total. The van der Waals surface area contributed by atoms with Crippen LogP contribution in [0, 0.1) is 5.41 Å². The summed E-state index contributed by atoms with van der Waals surface area (Å²) in [5.74, 6) is 0.268. The summed E-state index contributed by atoms with van der Waals surface area (Å²) in [7, 11) is 2.00. The lowest BCUT2D eigenvalue weighted by Crippen LogP contribution is -2.37. The molecule has 1 atom stereocenters. The summed E-state index contributed by atoms with van der Waals surface area (Å²) in [6.07, 6.45) is 1.33. The first kappa shape index (κ1) is 11.5. The fraction of sp³-hybridized carbons (Fsp3) is 0.909. The number of hydrogen-bond donors (Lipinski definition) is 0. The van der Waals surface area contributed by atoms with Crippen molar-refractivity contribution in [1.29, 1.82) is 0 Å². The normalized spacial score (nSPS) is 24.8. The molecule has 0 radical (unpaired) electrons. The zero-order valence-electron chi connectivity index (χ0n) is 10.0. The molecule has 0 saturated carbocycles. The van der Waals surface area contributed by atoms with Gasteiger partial charge in [-0.15, -0.1) is 0 Å².